The first-order valence-electron chi connectivity index (χ1n) is 6.59. The predicted octanol–water partition coefficient (Wildman–Crippen LogP) is 3.24. The Morgan fingerprint density at radius 3 is 2.85 bits per heavy atom. The first-order chi connectivity index (χ1) is 9.13. The lowest BCUT2D eigenvalue weighted by molar-refractivity contribution is 0.0604. The van der Waals surface area contributed by atoms with Crippen LogP contribution in [0.25, 0.3) is 0 Å². The zero-order valence-electron chi connectivity index (χ0n) is 11.1. The van der Waals surface area contributed by atoms with Crippen molar-refractivity contribution in [2.45, 2.75) is 31.7 Å². The lowest BCUT2D eigenvalue weighted by atomic mass is 9.98. The van der Waals surface area contributed by atoms with Crippen molar-refractivity contribution in [1.82, 2.24) is 4.90 Å². The summed E-state index contributed by atoms with van der Waals surface area (Å²) in [6.45, 7) is 1.27. The van der Waals surface area contributed by atoms with Gasteiger partial charge in [0.1, 0.15) is 5.82 Å². The van der Waals surface area contributed by atoms with Crippen LogP contribution < -0.4 is 5.73 Å². The molecule has 1 amide bonds. The largest absolute Gasteiger partial charge is 0.336 e. The molecule has 1 aromatic carbocycles. The van der Waals surface area contributed by atoms with E-state index in [0.717, 1.165) is 25.7 Å². The van der Waals surface area contributed by atoms with Crippen molar-refractivity contribution in [3.63, 3.8) is 0 Å². The number of likely N-dealkylation sites (tertiary alicyclic amines) is 1. The zero-order chi connectivity index (χ0) is 13.8. The van der Waals surface area contributed by atoms with Gasteiger partial charge in [0.15, 0.2) is 0 Å². The van der Waals surface area contributed by atoms with Crippen molar-refractivity contribution in [3.8, 4) is 0 Å². The van der Waals surface area contributed by atoms with Crippen molar-refractivity contribution in [3.05, 3.63) is 34.6 Å². The van der Waals surface area contributed by atoms with Gasteiger partial charge in [-0.2, -0.15) is 0 Å². The summed E-state index contributed by atoms with van der Waals surface area (Å²) in [5.74, 6) is -0.686. The average Bonchev–Trinajstić information content (AvgIpc) is 2.42. The van der Waals surface area contributed by atoms with Gasteiger partial charge in [-0.1, -0.05) is 11.6 Å². The van der Waals surface area contributed by atoms with E-state index in [2.05, 4.69) is 0 Å². The molecule has 0 aromatic heterocycles. The highest BCUT2D eigenvalue weighted by Crippen LogP contribution is 2.23. The Bertz CT molecular complexity index is 468. The van der Waals surface area contributed by atoms with E-state index in [4.69, 9.17) is 17.3 Å². The summed E-state index contributed by atoms with van der Waals surface area (Å²) < 4.78 is 13.4. The second kappa shape index (κ2) is 7.81. The summed E-state index contributed by atoms with van der Waals surface area (Å²) in [7, 11) is 0. The fourth-order valence-corrected chi connectivity index (χ4v) is 2.67. The topological polar surface area (TPSA) is 46.3 Å². The van der Waals surface area contributed by atoms with Crippen LogP contribution in [0, 0.1) is 5.82 Å². The van der Waals surface area contributed by atoms with E-state index in [0.29, 0.717) is 18.7 Å². The second-order valence-corrected chi connectivity index (χ2v) is 5.26. The van der Waals surface area contributed by atoms with Crippen LogP contribution in [0.1, 0.15) is 36.0 Å². The minimum Gasteiger partial charge on any atom is -0.336 e. The first kappa shape index (κ1) is 17.2. The quantitative estimate of drug-likeness (QED) is 0.929. The van der Waals surface area contributed by atoms with E-state index >= 15 is 0 Å². The molecule has 0 radical (unpaired) electrons. The van der Waals surface area contributed by atoms with Gasteiger partial charge in [-0.3, -0.25) is 4.79 Å². The lowest BCUT2D eigenvalue weighted by Gasteiger charge is -2.35. The Morgan fingerprint density at radius 1 is 1.45 bits per heavy atom. The molecule has 1 aliphatic rings. The van der Waals surface area contributed by atoms with Crippen LogP contribution in [0.5, 0.6) is 0 Å². The Balaban J connectivity index is 0.00000200. The molecule has 1 fully saturated rings. The number of nitrogens with zero attached hydrogens (tertiary/aromatic N) is 1. The fraction of sp³-hybridized carbons (Fsp3) is 0.500. The van der Waals surface area contributed by atoms with Gasteiger partial charge in [0.05, 0.1) is 5.02 Å². The van der Waals surface area contributed by atoms with Crippen LogP contribution in [-0.2, 0) is 0 Å². The number of halogens is 3. The average molecular weight is 321 g/mol. The number of amides is 1. The maximum Gasteiger partial charge on any atom is 0.254 e. The Morgan fingerprint density at radius 2 is 2.20 bits per heavy atom. The summed E-state index contributed by atoms with van der Waals surface area (Å²) in [6, 6.07) is 4.37. The van der Waals surface area contributed by atoms with E-state index in [9.17, 15) is 9.18 Å². The van der Waals surface area contributed by atoms with Crippen LogP contribution in [0.15, 0.2) is 18.2 Å². The molecule has 0 spiro atoms. The molecule has 0 bridgehead atoms. The number of hydrogen-bond donors (Lipinski definition) is 1. The van der Waals surface area contributed by atoms with Gasteiger partial charge in [-0.05, 0) is 50.4 Å². The highest BCUT2D eigenvalue weighted by Gasteiger charge is 2.27. The van der Waals surface area contributed by atoms with Crippen LogP contribution in [0.4, 0.5) is 4.39 Å². The monoisotopic (exact) mass is 320 g/mol. The Labute approximate surface area is 129 Å². The summed E-state index contributed by atoms with van der Waals surface area (Å²) >= 11 is 5.63. The minimum atomic E-state index is -0.556. The van der Waals surface area contributed by atoms with E-state index in [-0.39, 0.29) is 29.4 Å². The molecule has 112 valence electrons. The van der Waals surface area contributed by atoms with Crippen LogP contribution in [0.2, 0.25) is 5.02 Å². The molecule has 1 aliphatic heterocycles. The van der Waals surface area contributed by atoms with E-state index < -0.39 is 5.82 Å². The van der Waals surface area contributed by atoms with E-state index in [1.54, 1.807) is 6.07 Å². The molecule has 1 saturated heterocycles. The maximum atomic E-state index is 13.4. The van der Waals surface area contributed by atoms with Crippen molar-refractivity contribution >= 4 is 29.9 Å². The predicted molar refractivity (Wildman–Crippen MR) is 81.0 cm³/mol. The van der Waals surface area contributed by atoms with E-state index in [1.165, 1.54) is 12.1 Å². The lowest BCUT2D eigenvalue weighted by Crippen LogP contribution is -2.44. The third-order valence-electron chi connectivity index (χ3n) is 3.55. The summed E-state index contributed by atoms with van der Waals surface area (Å²) in [6.07, 6.45) is 3.87. The third-order valence-corrected chi connectivity index (χ3v) is 3.86. The maximum absolute atomic E-state index is 13.4. The molecule has 2 rings (SSSR count). The molecule has 2 N–H and O–H groups in total. The van der Waals surface area contributed by atoms with Crippen LogP contribution in [0.3, 0.4) is 0 Å². The number of rotatable bonds is 3. The SMILES string of the molecule is Cl.NCCC1CCCCN1C(=O)c1ccc(Cl)c(F)c1. The van der Waals surface area contributed by atoms with Gasteiger partial charge in [0.2, 0.25) is 0 Å². The fourth-order valence-electron chi connectivity index (χ4n) is 2.56. The summed E-state index contributed by atoms with van der Waals surface area (Å²) in [4.78, 5) is 14.2. The molecule has 1 aromatic rings. The highest BCUT2D eigenvalue weighted by molar-refractivity contribution is 6.30. The van der Waals surface area contributed by atoms with Gasteiger partial charge in [0, 0.05) is 18.2 Å². The second-order valence-electron chi connectivity index (χ2n) is 4.85. The van der Waals surface area contributed by atoms with Gasteiger partial charge in [0.25, 0.3) is 5.91 Å². The van der Waals surface area contributed by atoms with Gasteiger partial charge in [-0.25, -0.2) is 4.39 Å². The number of hydrogen-bond acceptors (Lipinski definition) is 2. The molecule has 6 heteroatoms. The Hall–Kier alpha value is -0.840. The van der Waals surface area contributed by atoms with Gasteiger partial charge >= 0.3 is 0 Å². The minimum absolute atomic E-state index is 0. The van der Waals surface area contributed by atoms with Crippen LogP contribution in [-0.4, -0.2) is 29.9 Å². The Kier molecular flexibility index (Phi) is 6.72. The van der Waals surface area contributed by atoms with Crippen molar-refractivity contribution < 1.29 is 9.18 Å². The van der Waals surface area contributed by atoms with Gasteiger partial charge in [-0.15, -0.1) is 12.4 Å². The third kappa shape index (κ3) is 3.84. The summed E-state index contributed by atoms with van der Waals surface area (Å²) in [5.41, 5.74) is 5.94. The highest BCUT2D eigenvalue weighted by atomic mass is 35.5. The number of carbonyl (C=O) groups is 1. The van der Waals surface area contributed by atoms with Crippen molar-refractivity contribution in [2.24, 2.45) is 5.73 Å². The first-order valence-corrected chi connectivity index (χ1v) is 6.97. The molecule has 1 heterocycles. The van der Waals surface area contributed by atoms with Crippen LogP contribution >= 0.6 is 24.0 Å². The molecule has 0 saturated carbocycles. The number of nitrogens with two attached hydrogens (primary N) is 1. The van der Waals surface area contributed by atoms with Crippen molar-refractivity contribution in [2.75, 3.05) is 13.1 Å². The molecular formula is C14H19Cl2FN2O. The number of carbonyl (C=O) groups excluding carboxylic acids is 1. The number of benzene rings is 1. The molecule has 0 aliphatic carbocycles. The normalized spacial score (nSPS) is 18.6. The molecule has 1 unspecified atom stereocenters. The zero-order valence-corrected chi connectivity index (χ0v) is 12.7. The molecule has 3 nitrogen and oxygen atoms in total. The smallest absolute Gasteiger partial charge is 0.254 e. The van der Waals surface area contributed by atoms with Crippen molar-refractivity contribution in [1.29, 1.82) is 0 Å². The van der Waals surface area contributed by atoms with E-state index in [1.807, 2.05) is 4.90 Å². The van der Waals surface area contributed by atoms with Gasteiger partial charge < -0.3 is 10.6 Å². The molecule has 1 atom stereocenters. The standard InChI is InChI=1S/C14H18ClFN2O.ClH/c15-12-5-4-10(9-13(12)16)14(19)18-8-2-1-3-11(18)6-7-17;/h4-5,9,11H,1-3,6-8,17H2;1H. The number of piperidine rings is 1. The summed E-state index contributed by atoms with van der Waals surface area (Å²) in [5, 5.41) is 0.0358. The molecule has 20 heavy (non-hydrogen) atoms. The molecular weight excluding hydrogens is 302 g/mol.